The molecule has 3 aromatic carbocycles. The lowest BCUT2D eigenvalue weighted by Crippen LogP contribution is -2.54. The molecule has 0 aromatic heterocycles. The van der Waals surface area contributed by atoms with Gasteiger partial charge in [-0.05, 0) is 76.1 Å². The molecule has 0 aliphatic carbocycles. The van der Waals surface area contributed by atoms with Gasteiger partial charge in [-0.3, -0.25) is 14.9 Å². The molecule has 3 aromatic rings. The van der Waals surface area contributed by atoms with Gasteiger partial charge in [0.1, 0.15) is 23.7 Å². The van der Waals surface area contributed by atoms with Gasteiger partial charge in [0.15, 0.2) is 0 Å². The molecule has 4 amide bonds. The van der Waals surface area contributed by atoms with Crippen LogP contribution < -0.4 is 15.0 Å². The number of rotatable bonds is 6. The normalized spacial score (nSPS) is 14.5. The number of anilines is 1. The summed E-state index contributed by atoms with van der Waals surface area (Å²) in [5.74, 6) is -2.37. The number of halogens is 3. The molecule has 0 bridgehead atoms. The smallest absolute Gasteiger partial charge is 0.337 e. The maximum Gasteiger partial charge on any atom is 0.337 e. The number of nitrogens with one attached hydrogen (secondary N) is 1. The van der Waals surface area contributed by atoms with Crippen LogP contribution in [-0.2, 0) is 20.9 Å². The molecule has 4 rings (SSSR count). The van der Waals surface area contributed by atoms with Gasteiger partial charge in [0.05, 0.1) is 22.8 Å². The van der Waals surface area contributed by atoms with E-state index < -0.39 is 23.8 Å². The summed E-state index contributed by atoms with van der Waals surface area (Å²) < 4.78 is 25.0. The number of benzene rings is 3. The van der Waals surface area contributed by atoms with Crippen molar-refractivity contribution in [3.63, 3.8) is 0 Å². The lowest BCUT2D eigenvalue weighted by atomic mass is 10.1. The molecule has 0 radical (unpaired) electrons. The molecule has 188 valence electrons. The summed E-state index contributed by atoms with van der Waals surface area (Å²) in [6.45, 7) is 0.0913. The summed E-state index contributed by atoms with van der Waals surface area (Å²) in [4.78, 5) is 51.0. The van der Waals surface area contributed by atoms with Gasteiger partial charge in [0.25, 0.3) is 11.8 Å². The van der Waals surface area contributed by atoms with Gasteiger partial charge >= 0.3 is 12.0 Å². The molecule has 1 aliphatic rings. The van der Waals surface area contributed by atoms with Gasteiger partial charge in [0, 0.05) is 10.0 Å². The molecule has 0 saturated carbocycles. The third-order valence-electron chi connectivity index (χ3n) is 5.28. The van der Waals surface area contributed by atoms with Crippen molar-refractivity contribution >= 4 is 67.4 Å². The first-order chi connectivity index (χ1) is 17.7. The summed E-state index contributed by atoms with van der Waals surface area (Å²) in [5, 5.41) is 2.16. The van der Waals surface area contributed by atoms with Crippen molar-refractivity contribution in [2.24, 2.45) is 0 Å². The third-order valence-corrected chi connectivity index (χ3v) is 6.33. The van der Waals surface area contributed by atoms with E-state index in [1.54, 1.807) is 24.3 Å². The second-order valence-corrected chi connectivity index (χ2v) is 9.49. The van der Waals surface area contributed by atoms with Crippen LogP contribution in [0.15, 0.2) is 75.2 Å². The number of nitrogens with zero attached hydrogens (tertiary/aromatic N) is 1. The third kappa shape index (κ3) is 5.78. The number of amides is 4. The zero-order valence-corrected chi connectivity index (χ0v) is 22.3. The molecule has 1 aliphatic heterocycles. The van der Waals surface area contributed by atoms with Gasteiger partial charge in [-0.25, -0.2) is 18.9 Å². The van der Waals surface area contributed by atoms with Crippen molar-refractivity contribution in [2.75, 3.05) is 12.0 Å². The Bertz CT molecular complexity index is 1440. The van der Waals surface area contributed by atoms with Crippen molar-refractivity contribution < 1.29 is 33.0 Å². The lowest BCUT2D eigenvalue weighted by Gasteiger charge is -2.26. The fraction of sp³-hybridized carbons (Fsp3) is 0.0769. The highest BCUT2D eigenvalue weighted by molar-refractivity contribution is 9.11. The van der Waals surface area contributed by atoms with Crippen LogP contribution in [0.4, 0.5) is 14.9 Å². The molecule has 0 atom stereocenters. The maximum absolute atomic E-state index is 13.3. The topological polar surface area (TPSA) is 102 Å². The molecular weight excluding hydrogens is 615 g/mol. The fourth-order valence-electron chi connectivity index (χ4n) is 3.49. The van der Waals surface area contributed by atoms with E-state index >= 15 is 0 Å². The van der Waals surface area contributed by atoms with Gasteiger partial charge in [0.2, 0.25) is 0 Å². The van der Waals surface area contributed by atoms with E-state index in [4.69, 9.17) is 4.74 Å². The highest BCUT2D eigenvalue weighted by atomic mass is 79.9. The van der Waals surface area contributed by atoms with E-state index in [-0.39, 0.29) is 29.2 Å². The highest BCUT2D eigenvalue weighted by Gasteiger charge is 2.37. The average molecular weight is 632 g/mol. The Morgan fingerprint density at radius 1 is 1.03 bits per heavy atom. The minimum Gasteiger partial charge on any atom is -0.487 e. The lowest BCUT2D eigenvalue weighted by molar-refractivity contribution is -0.122. The fourth-order valence-corrected chi connectivity index (χ4v) is 4.86. The number of imide groups is 2. The van der Waals surface area contributed by atoms with Crippen molar-refractivity contribution in [1.29, 1.82) is 0 Å². The van der Waals surface area contributed by atoms with Crippen LogP contribution in [0.5, 0.6) is 5.75 Å². The van der Waals surface area contributed by atoms with E-state index in [2.05, 4.69) is 41.9 Å². The molecule has 1 saturated heterocycles. The van der Waals surface area contributed by atoms with Crippen molar-refractivity contribution in [3.05, 3.63) is 97.7 Å². The monoisotopic (exact) mass is 630 g/mol. The first-order valence-corrected chi connectivity index (χ1v) is 12.2. The van der Waals surface area contributed by atoms with Crippen molar-refractivity contribution in [3.8, 4) is 5.75 Å². The number of carbonyl (C=O) groups excluding carboxylic acids is 4. The Morgan fingerprint density at radius 2 is 1.70 bits per heavy atom. The number of hydrogen-bond acceptors (Lipinski definition) is 6. The predicted molar refractivity (Wildman–Crippen MR) is 139 cm³/mol. The summed E-state index contributed by atoms with van der Waals surface area (Å²) in [5.41, 5.74) is 1.14. The van der Waals surface area contributed by atoms with Crippen LogP contribution in [-0.4, -0.2) is 30.9 Å². The Labute approximate surface area is 227 Å². The van der Waals surface area contributed by atoms with Gasteiger partial charge < -0.3 is 9.47 Å². The SMILES string of the molecule is COC(=O)c1ccc(N2C(=O)NC(=O)/C(=C\c3cc(Br)cc(Br)c3OCc3ccc(F)cc3)C2=O)cc1. The Kier molecular flexibility index (Phi) is 7.84. The Hall–Kier alpha value is -3.83. The van der Waals surface area contributed by atoms with E-state index in [1.165, 1.54) is 49.6 Å². The zero-order chi connectivity index (χ0) is 26.7. The minimum absolute atomic E-state index is 0.0913. The number of esters is 1. The number of carbonyl (C=O) groups is 4. The minimum atomic E-state index is -0.929. The van der Waals surface area contributed by atoms with E-state index in [9.17, 15) is 23.6 Å². The second-order valence-electron chi connectivity index (χ2n) is 7.72. The summed E-state index contributed by atoms with van der Waals surface area (Å²) in [6, 6.07) is 13.8. The Morgan fingerprint density at radius 3 is 2.35 bits per heavy atom. The van der Waals surface area contributed by atoms with Crippen molar-refractivity contribution in [2.45, 2.75) is 6.61 Å². The van der Waals surface area contributed by atoms with Crippen molar-refractivity contribution in [1.82, 2.24) is 5.32 Å². The molecule has 0 spiro atoms. The number of urea groups is 1. The zero-order valence-electron chi connectivity index (χ0n) is 19.1. The molecular formula is C26H17Br2FN2O6. The first kappa shape index (κ1) is 26.2. The first-order valence-electron chi connectivity index (χ1n) is 10.6. The van der Waals surface area contributed by atoms with Gasteiger partial charge in [-0.1, -0.05) is 28.1 Å². The molecule has 0 unspecified atom stereocenters. The molecule has 1 fully saturated rings. The van der Waals surface area contributed by atoms with Crippen LogP contribution in [0.25, 0.3) is 6.08 Å². The largest absolute Gasteiger partial charge is 0.487 e. The molecule has 37 heavy (non-hydrogen) atoms. The Balaban J connectivity index is 1.68. The molecule has 8 nitrogen and oxygen atoms in total. The molecule has 11 heteroatoms. The number of methoxy groups -OCH3 is 1. The maximum atomic E-state index is 13.3. The summed E-state index contributed by atoms with van der Waals surface area (Å²) in [7, 11) is 1.23. The van der Waals surface area contributed by atoms with Crippen LogP contribution in [0, 0.1) is 5.82 Å². The molecule has 1 heterocycles. The quantitative estimate of drug-likeness (QED) is 0.223. The predicted octanol–water partition coefficient (Wildman–Crippen LogP) is 5.38. The van der Waals surface area contributed by atoms with Crippen LogP contribution >= 0.6 is 31.9 Å². The van der Waals surface area contributed by atoms with E-state index in [0.29, 0.717) is 25.8 Å². The molecule has 1 N–H and O–H groups in total. The summed E-state index contributed by atoms with van der Waals surface area (Å²) >= 11 is 6.81. The van der Waals surface area contributed by atoms with Crippen LogP contribution in [0.3, 0.4) is 0 Å². The summed E-state index contributed by atoms with van der Waals surface area (Å²) in [6.07, 6.45) is 1.31. The van der Waals surface area contributed by atoms with Crippen LogP contribution in [0.2, 0.25) is 0 Å². The van der Waals surface area contributed by atoms with Gasteiger partial charge in [-0.2, -0.15) is 0 Å². The van der Waals surface area contributed by atoms with E-state index in [1.807, 2.05) is 0 Å². The number of hydrogen-bond donors (Lipinski definition) is 1. The van der Waals surface area contributed by atoms with Crippen LogP contribution in [0.1, 0.15) is 21.5 Å². The highest BCUT2D eigenvalue weighted by Crippen LogP contribution is 2.35. The number of barbiturate groups is 1. The second kappa shape index (κ2) is 11.1. The van der Waals surface area contributed by atoms with E-state index in [0.717, 1.165) is 4.90 Å². The standard InChI is InChI=1S/C26H17Br2FN2O6/c1-36-25(34)15-4-8-19(9-5-15)31-24(33)20(23(32)30-26(31)35)11-16-10-17(27)12-21(28)22(16)37-13-14-2-6-18(29)7-3-14/h2-12H,13H2,1H3,(H,30,32,35)/b20-11+. The number of ether oxygens (including phenoxy) is 2. The van der Waals surface area contributed by atoms with Gasteiger partial charge in [-0.15, -0.1) is 0 Å². The average Bonchev–Trinajstić information content (AvgIpc) is 2.86.